The van der Waals surface area contributed by atoms with E-state index in [2.05, 4.69) is 9.97 Å². The van der Waals surface area contributed by atoms with E-state index in [-0.39, 0.29) is 0 Å². The lowest BCUT2D eigenvalue weighted by molar-refractivity contribution is 0.500. The number of rotatable bonds is 4. The van der Waals surface area contributed by atoms with Gasteiger partial charge in [0.15, 0.2) is 11.7 Å². The predicted molar refractivity (Wildman–Crippen MR) is 59.7 cm³/mol. The van der Waals surface area contributed by atoms with Gasteiger partial charge in [-0.2, -0.15) is 0 Å². The molecular weight excluding hydrogens is 210 g/mol. The third-order valence-electron chi connectivity index (χ3n) is 2.01. The molecule has 80 valence electrons. The summed E-state index contributed by atoms with van der Waals surface area (Å²) < 4.78 is 5.59. The fourth-order valence-electron chi connectivity index (χ4n) is 1.27. The summed E-state index contributed by atoms with van der Waals surface area (Å²) in [7, 11) is 0. The topological polar surface area (TPSA) is 64.9 Å². The highest BCUT2D eigenvalue weighted by Gasteiger charge is 2.08. The Bertz CT molecular complexity index is 435. The molecule has 4 nitrogen and oxygen atoms in total. The highest BCUT2D eigenvalue weighted by Crippen LogP contribution is 2.26. The first kappa shape index (κ1) is 10.3. The number of hydrogen-bond acceptors (Lipinski definition) is 5. The Balaban J connectivity index is 2.13. The van der Waals surface area contributed by atoms with E-state index in [9.17, 15) is 0 Å². The molecule has 0 bridgehead atoms. The third-order valence-corrected chi connectivity index (χ3v) is 2.94. The van der Waals surface area contributed by atoms with Gasteiger partial charge in [0.2, 0.25) is 0 Å². The number of aryl methyl sites for hydroxylation is 2. The van der Waals surface area contributed by atoms with Gasteiger partial charge in [0.05, 0.1) is 16.1 Å². The molecule has 2 heterocycles. The SMILES string of the molecule is Cc1ncc(-c2cnc(CCCN)o2)s1. The Morgan fingerprint density at radius 1 is 1.40 bits per heavy atom. The van der Waals surface area contributed by atoms with Gasteiger partial charge in [0.1, 0.15) is 0 Å². The van der Waals surface area contributed by atoms with Crippen LogP contribution in [0.15, 0.2) is 16.8 Å². The van der Waals surface area contributed by atoms with E-state index in [0.717, 1.165) is 34.4 Å². The van der Waals surface area contributed by atoms with Gasteiger partial charge in [-0.15, -0.1) is 11.3 Å². The molecule has 2 N–H and O–H groups in total. The molecule has 2 aromatic heterocycles. The predicted octanol–water partition coefficient (Wildman–Crippen LogP) is 2.00. The van der Waals surface area contributed by atoms with Crippen molar-refractivity contribution < 1.29 is 4.42 Å². The summed E-state index contributed by atoms with van der Waals surface area (Å²) in [6.07, 6.45) is 5.27. The van der Waals surface area contributed by atoms with Crippen LogP contribution < -0.4 is 5.73 Å². The first-order valence-electron chi connectivity index (χ1n) is 4.87. The van der Waals surface area contributed by atoms with Crippen LogP contribution in [0.5, 0.6) is 0 Å². The maximum absolute atomic E-state index is 5.59. The second-order valence-electron chi connectivity index (χ2n) is 3.25. The molecule has 0 radical (unpaired) electrons. The zero-order valence-corrected chi connectivity index (χ0v) is 9.38. The normalized spacial score (nSPS) is 10.8. The molecule has 0 aliphatic rings. The van der Waals surface area contributed by atoms with Crippen LogP contribution in [-0.4, -0.2) is 16.5 Å². The van der Waals surface area contributed by atoms with Crippen LogP contribution in [0.1, 0.15) is 17.3 Å². The molecule has 0 aliphatic heterocycles. The molecule has 0 fully saturated rings. The van der Waals surface area contributed by atoms with Crippen molar-refractivity contribution in [2.45, 2.75) is 19.8 Å². The third kappa shape index (κ3) is 2.43. The summed E-state index contributed by atoms with van der Waals surface area (Å²) in [6.45, 7) is 2.64. The van der Waals surface area contributed by atoms with Gasteiger partial charge in [-0.25, -0.2) is 9.97 Å². The molecule has 15 heavy (non-hydrogen) atoms. The van der Waals surface area contributed by atoms with Gasteiger partial charge >= 0.3 is 0 Å². The molecule has 0 amide bonds. The van der Waals surface area contributed by atoms with E-state index in [1.165, 1.54) is 0 Å². The number of aromatic nitrogens is 2. The minimum Gasteiger partial charge on any atom is -0.440 e. The van der Waals surface area contributed by atoms with Gasteiger partial charge in [-0.05, 0) is 19.9 Å². The monoisotopic (exact) mass is 223 g/mol. The Hall–Kier alpha value is -1.20. The number of nitrogens with zero attached hydrogens (tertiary/aromatic N) is 2. The summed E-state index contributed by atoms with van der Waals surface area (Å²) in [5.74, 6) is 1.55. The van der Waals surface area contributed by atoms with Gasteiger partial charge in [0.25, 0.3) is 0 Å². The number of thiazole rings is 1. The first-order chi connectivity index (χ1) is 7.29. The summed E-state index contributed by atoms with van der Waals surface area (Å²) in [5.41, 5.74) is 5.42. The first-order valence-corrected chi connectivity index (χ1v) is 5.69. The molecule has 0 unspecified atom stereocenters. The zero-order chi connectivity index (χ0) is 10.7. The molecule has 5 heteroatoms. The van der Waals surface area contributed by atoms with Crippen molar-refractivity contribution in [2.75, 3.05) is 6.54 Å². The van der Waals surface area contributed by atoms with Crippen molar-refractivity contribution in [1.29, 1.82) is 0 Å². The summed E-state index contributed by atoms with van der Waals surface area (Å²) >= 11 is 1.61. The smallest absolute Gasteiger partial charge is 0.194 e. The maximum Gasteiger partial charge on any atom is 0.194 e. The largest absolute Gasteiger partial charge is 0.440 e. The van der Waals surface area contributed by atoms with E-state index >= 15 is 0 Å². The quantitative estimate of drug-likeness (QED) is 0.861. The molecule has 0 saturated heterocycles. The van der Waals surface area contributed by atoms with Gasteiger partial charge in [-0.1, -0.05) is 0 Å². The van der Waals surface area contributed by atoms with E-state index in [0.29, 0.717) is 6.54 Å². The van der Waals surface area contributed by atoms with Crippen LogP contribution in [0.3, 0.4) is 0 Å². The Kier molecular flexibility index (Phi) is 3.13. The summed E-state index contributed by atoms with van der Waals surface area (Å²) in [6, 6.07) is 0. The summed E-state index contributed by atoms with van der Waals surface area (Å²) in [5, 5.41) is 1.03. The van der Waals surface area contributed by atoms with Crippen LogP contribution in [0.2, 0.25) is 0 Å². The molecule has 2 rings (SSSR count). The van der Waals surface area contributed by atoms with E-state index < -0.39 is 0 Å². The van der Waals surface area contributed by atoms with Gasteiger partial charge < -0.3 is 10.2 Å². The van der Waals surface area contributed by atoms with Crippen molar-refractivity contribution in [3.8, 4) is 10.6 Å². The van der Waals surface area contributed by atoms with Crippen LogP contribution in [0.25, 0.3) is 10.6 Å². The van der Waals surface area contributed by atoms with Crippen molar-refractivity contribution >= 4 is 11.3 Å². The van der Waals surface area contributed by atoms with Crippen LogP contribution in [-0.2, 0) is 6.42 Å². The fourth-order valence-corrected chi connectivity index (χ4v) is 1.99. The zero-order valence-electron chi connectivity index (χ0n) is 8.56. The average Bonchev–Trinajstić information content (AvgIpc) is 2.83. The van der Waals surface area contributed by atoms with E-state index in [4.69, 9.17) is 10.2 Å². The molecule has 2 aromatic rings. The van der Waals surface area contributed by atoms with Crippen LogP contribution in [0, 0.1) is 6.92 Å². The van der Waals surface area contributed by atoms with E-state index in [1.807, 2.05) is 13.1 Å². The van der Waals surface area contributed by atoms with E-state index in [1.54, 1.807) is 17.5 Å². The fraction of sp³-hybridized carbons (Fsp3) is 0.400. The lowest BCUT2D eigenvalue weighted by atomic mass is 10.3. The minimum atomic E-state index is 0.664. The number of nitrogens with two attached hydrogens (primary N) is 1. The van der Waals surface area contributed by atoms with Crippen molar-refractivity contribution in [1.82, 2.24) is 9.97 Å². The molecule has 0 aliphatic carbocycles. The van der Waals surface area contributed by atoms with Crippen molar-refractivity contribution in [3.05, 3.63) is 23.3 Å². The molecule has 0 spiro atoms. The second kappa shape index (κ2) is 4.55. The van der Waals surface area contributed by atoms with Gasteiger partial charge in [0, 0.05) is 12.6 Å². The lowest BCUT2D eigenvalue weighted by Gasteiger charge is -1.91. The standard InChI is InChI=1S/C10H13N3OS/c1-7-12-6-9(15-7)8-5-13-10(14-8)3-2-4-11/h5-6H,2-4,11H2,1H3. The van der Waals surface area contributed by atoms with Crippen molar-refractivity contribution in [2.24, 2.45) is 5.73 Å². The Morgan fingerprint density at radius 2 is 2.27 bits per heavy atom. The number of hydrogen-bond donors (Lipinski definition) is 1. The number of oxazole rings is 1. The molecule has 0 saturated carbocycles. The maximum atomic E-state index is 5.59. The van der Waals surface area contributed by atoms with Crippen molar-refractivity contribution in [3.63, 3.8) is 0 Å². The molecular formula is C10H13N3OS. The second-order valence-corrected chi connectivity index (χ2v) is 4.49. The average molecular weight is 223 g/mol. The Labute approximate surface area is 92.2 Å². The van der Waals surface area contributed by atoms with Crippen LogP contribution >= 0.6 is 11.3 Å². The molecule has 0 aromatic carbocycles. The highest BCUT2D eigenvalue weighted by atomic mass is 32.1. The molecule has 0 atom stereocenters. The van der Waals surface area contributed by atoms with Gasteiger partial charge in [-0.3, -0.25) is 0 Å². The minimum absolute atomic E-state index is 0.664. The Morgan fingerprint density at radius 3 is 2.93 bits per heavy atom. The summed E-state index contributed by atoms with van der Waals surface area (Å²) in [4.78, 5) is 9.40. The lowest BCUT2D eigenvalue weighted by Crippen LogP contribution is -2.00. The van der Waals surface area contributed by atoms with Crippen LogP contribution in [0.4, 0.5) is 0 Å². The highest BCUT2D eigenvalue weighted by molar-refractivity contribution is 7.14.